The van der Waals surface area contributed by atoms with E-state index in [1.54, 1.807) is 37.3 Å². The zero-order valence-corrected chi connectivity index (χ0v) is 25.8. The van der Waals surface area contributed by atoms with Gasteiger partial charge in [0.1, 0.15) is 12.6 Å². The second-order valence-corrected chi connectivity index (χ2v) is 13.1. The van der Waals surface area contributed by atoms with Gasteiger partial charge in [0.25, 0.3) is 15.7 Å². The fraction of sp³-hybridized carbons (Fsp3) is 0.333. The number of carbonyl (C=O) groups is 2. The first-order chi connectivity index (χ1) is 20.5. The Morgan fingerprint density at radius 1 is 1.00 bits per heavy atom. The molecule has 1 aliphatic rings. The first-order valence-electron chi connectivity index (χ1n) is 13.8. The van der Waals surface area contributed by atoms with Crippen LogP contribution < -0.4 is 9.62 Å². The molecule has 1 aliphatic carbocycles. The second kappa shape index (κ2) is 14.2. The minimum absolute atomic E-state index is 0.00478. The van der Waals surface area contributed by atoms with E-state index in [0.717, 1.165) is 36.4 Å². The summed E-state index contributed by atoms with van der Waals surface area (Å²) in [7, 11) is -4.30. The average Bonchev–Trinajstić information content (AvgIpc) is 3.00. The topological polar surface area (TPSA) is 130 Å². The summed E-state index contributed by atoms with van der Waals surface area (Å²) in [6, 6.07) is 16.2. The highest BCUT2D eigenvalue weighted by Gasteiger charge is 2.33. The fourth-order valence-corrected chi connectivity index (χ4v) is 6.88. The summed E-state index contributed by atoms with van der Waals surface area (Å²) < 4.78 is 28.6. The van der Waals surface area contributed by atoms with Gasteiger partial charge in [0.05, 0.1) is 15.5 Å². The van der Waals surface area contributed by atoms with Gasteiger partial charge in [-0.15, -0.1) is 0 Å². The van der Waals surface area contributed by atoms with Crippen molar-refractivity contribution in [2.24, 2.45) is 0 Å². The van der Waals surface area contributed by atoms with Crippen LogP contribution in [0.3, 0.4) is 0 Å². The van der Waals surface area contributed by atoms with Crippen LogP contribution in [0.5, 0.6) is 0 Å². The molecule has 3 aromatic rings. The average molecular weight is 648 g/mol. The van der Waals surface area contributed by atoms with Crippen LogP contribution in [-0.4, -0.2) is 48.7 Å². The van der Waals surface area contributed by atoms with E-state index in [1.165, 1.54) is 47.4 Å². The van der Waals surface area contributed by atoms with Gasteiger partial charge < -0.3 is 10.2 Å². The number of nitro groups is 1. The van der Waals surface area contributed by atoms with Crippen LogP contribution in [0, 0.1) is 10.1 Å². The Kier molecular flexibility index (Phi) is 10.6. The normalized spacial score (nSPS) is 14.5. The summed E-state index contributed by atoms with van der Waals surface area (Å²) in [5, 5.41) is 14.9. The van der Waals surface area contributed by atoms with Crippen LogP contribution in [0.2, 0.25) is 10.0 Å². The Balaban J connectivity index is 1.70. The lowest BCUT2D eigenvalue weighted by molar-refractivity contribution is -0.384. The first kappa shape index (κ1) is 32.2. The number of halogens is 2. The largest absolute Gasteiger partial charge is 0.352 e. The Labute approximate surface area is 260 Å². The van der Waals surface area contributed by atoms with Crippen molar-refractivity contribution in [1.29, 1.82) is 0 Å². The third-order valence-electron chi connectivity index (χ3n) is 7.43. The summed E-state index contributed by atoms with van der Waals surface area (Å²) in [4.78, 5) is 39.3. The molecule has 0 spiro atoms. The molecule has 0 aromatic heterocycles. The Bertz CT molecular complexity index is 1570. The number of benzene rings is 3. The van der Waals surface area contributed by atoms with Crippen LogP contribution in [0.15, 0.2) is 77.7 Å². The van der Waals surface area contributed by atoms with Crippen molar-refractivity contribution in [2.75, 3.05) is 10.8 Å². The third-order valence-corrected chi connectivity index (χ3v) is 9.81. The highest BCUT2D eigenvalue weighted by Crippen LogP contribution is 2.28. The zero-order valence-electron chi connectivity index (χ0n) is 23.5. The maximum Gasteiger partial charge on any atom is 0.269 e. The molecule has 2 amide bonds. The molecule has 43 heavy (non-hydrogen) atoms. The number of hydrogen-bond donors (Lipinski definition) is 1. The Morgan fingerprint density at radius 2 is 1.65 bits per heavy atom. The summed E-state index contributed by atoms with van der Waals surface area (Å²) in [5.74, 6) is -1.03. The van der Waals surface area contributed by atoms with E-state index in [4.69, 9.17) is 23.2 Å². The summed E-state index contributed by atoms with van der Waals surface area (Å²) in [6.45, 7) is 0.816. The van der Waals surface area contributed by atoms with E-state index >= 15 is 0 Å². The first-order valence-corrected chi connectivity index (χ1v) is 16.0. The number of sulfonamides is 1. The number of non-ortho nitro benzene ring substituents is 1. The second-order valence-electron chi connectivity index (χ2n) is 10.4. The molecule has 13 heteroatoms. The van der Waals surface area contributed by atoms with Crippen molar-refractivity contribution < 1.29 is 22.9 Å². The van der Waals surface area contributed by atoms with E-state index in [-0.39, 0.29) is 39.8 Å². The molecule has 228 valence electrons. The van der Waals surface area contributed by atoms with E-state index in [2.05, 4.69) is 5.32 Å². The van der Waals surface area contributed by atoms with E-state index in [9.17, 15) is 28.1 Å². The lowest BCUT2D eigenvalue weighted by Crippen LogP contribution is -2.53. The molecule has 0 heterocycles. The maximum atomic E-state index is 14.1. The van der Waals surface area contributed by atoms with Gasteiger partial charge in [0.15, 0.2) is 0 Å². The number of anilines is 1. The number of nitrogens with one attached hydrogen (secondary N) is 1. The Morgan fingerprint density at radius 3 is 2.26 bits per heavy atom. The molecule has 0 saturated heterocycles. The lowest BCUT2D eigenvalue weighted by Gasteiger charge is -2.33. The van der Waals surface area contributed by atoms with Gasteiger partial charge in [0, 0.05) is 34.8 Å². The molecular weight excluding hydrogens is 615 g/mol. The van der Waals surface area contributed by atoms with Gasteiger partial charge in [0.2, 0.25) is 11.8 Å². The number of rotatable bonds is 11. The molecule has 0 unspecified atom stereocenters. The minimum atomic E-state index is -4.30. The van der Waals surface area contributed by atoms with Gasteiger partial charge in [-0.3, -0.25) is 24.0 Å². The summed E-state index contributed by atoms with van der Waals surface area (Å²) >= 11 is 12.5. The number of hydrogen-bond acceptors (Lipinski definition) is 6. The van der Waals surface area contributed by atoms with Crippen LogP contribution in [-0.2, 0) is 26.2 Å². The smallest absolute Gasteiger partial charge is 0.269 e. The third kappa shape index (κ3) is 8.04. The highest BCUT2D eigenvalue weighted by molar-refractivity contribution is 7.92. The monoisotopic (exact) mass is 646 g/mol. The van der Waals surface area contributed by atoms with Crippen molar-refractivity contribution >= 4 is 56.4 Å². The molecule has 3 aromatic carbocycles. The predicted molar refractivity (Wildman–Crippen MR) is 166 cm³/mol. The SMILES string of the molecule is C[C@@H](C(=O)NC1CCCCC1)N(Cc1ccc(Cl)cc1Cl)C(=O)CN(c1ccc([N+](=O)[O-])cc1)S(=O)(=O)c1ccccc1. The van der Waals surface area contributed by atoms with Crippen molar-refractivity contribution in [1.82, 2.24) is 10.2 Å². The molecule has 0 aliphatic heterocycles. The van der Waals surface area contributed by atoms with Crippen LogP contribution >= 0.6 is 23.2 Å². The van der Waals surface area contributed by atoms with Crippen molar-refractivity contribution in [3.05, 3.63) is 98.5 Å². The molecular formula is C30H32Cl2N4O6S. The molecule has 1 fully saturated rings. The number of carbonyl (C=O) groups excluding carboxylic acids is 2. The molecule has 1 atom stereocenters. The van der Waals surface area contributed by atoms with E-state index in [1.807, 2.05) is 0 Å². The predicted octanol–water partition coefficient (Wildman–Crippen LogP) is 5.96. The molecule has 0 bridgehead atoms. The molecule has 1 saturated carbocycles. The minimum Gasteiger partial charge on any atom is -0.352 e. The molecule has 4 rings (SSSR count). The van der Waals surface area contributed by atoms with Gasteiger partial charge in [-0.2, -0.15) is 0 Å². The van der Waals surface area contributed by atoms with Gasteiger partial charge >= 0.3 is 0 Å². The van der Waals surface area contributed by atoms with Crippen molar-refractivity contribution in [2.45, 2.75) is 62.6 Å². The zero-order chi connectivity index (χ0) is 31.1. The van der Waals surface area contributed by atoms with E-state index < -0.39 is 33.4 Å². The van der Waals surface area contributed by atoms with Gasteiger partial charge in [-0.25, -0.2) is 8.42 Å². The quantitative estimate of drug-likeness (QED) is 0.202. The summed E-state index contributed by atoms with van der Waals surface area (Å²) in [5.41, 5.74) is 0.329. The van der Waals surface area contributed by atoms with Crippen LogP contribution in [0.4, 0.5) is 11.4 Å². The number of nitrogens with zero attached hydrogens (tertiary/aromatic N) is 3. The van der Waals surface area contributed by atoms with Crippen LogP contribution in [0.1, 0.15) is 44.6 Å². The standard InChI is InChI=1S/C30H32Cl2N4O6S/c1-21(30(38)33-24-8-4-2-5-9-24)34(19-22-12-13-23(31)18-28(22)32)29(37)20-35(25-14-16-26(17-15-25)36(39)40)43(41,42)27-10-6-3-7-11-27/h3,6-7,10-18,21,24H,2,4-5,8-9,19-20H2,1H3,(H,33,38)/t21-/m0/s1. The van der Waals surface area contributed by atoms with Crippen molar-refractivity contribution in [3.8, 4) is 0 Å². The number of amides is 2. The summed E-state index contributed by atoms with van der Waals surface area (Å²) in [6.07, 6.45) is 4.81. The van der Waals surface area contributed by atoms with Gasteiger partial charge in [-0.05, 0) is 61.7 Å². The van der Waals surface area contributed by atoms with E-state index in [0.29, 0.717) is 10.6 Å². The maximum absolute atomic E-state index is 14.1. The molecule has 10 nitrogen and oxygen atoms in total. The highest BCUT2D eigenvalue weighted by atomic mass is 35.5. The lowest BCUT2D eigenvalue weighted by atomic mass is 9.95. The number of nitro benzene ring substituents is 1. The molecule has 1 N–H and O–H groups in total. The molecule has 0 radical (unpaired) electrons. The Hall–Kier alpha value is -3.67. The van der Waals surface area contributed by atoms with Crippen molar-refractivity contribution in [3.63, 3.8) is 0 Å². The van der Waals surface area contributed by atoms with Gasteiger partial charge in [-0.1, -0.05) is 66.7 Å². The van der Waals surface area contributed by atoms with Crippen LogP contribution in [0.25, 0.3) is 0 Å². The fourth-order valence-electron chi connectivity index (χ4n) is 4.97.